The first-order valence-corrected chi connectivity index (χ1v) is 11.3. The Morgan fingerprint density at radius 2 is 2.12 bits per heavy atom. The number of thioether (sulfide) groups is 1. The molecule has 2 aromatic carbocycles. The minimum absolute atomic E-state index is 0.00539. The van der Waals surface area contributed by atoms with Gasteiger partial charge >= 0.3 is 0 Å². The van der Waals surface area contributed by atoms with Crippen molar-refractivity contribution in [2.75, 3.05) is 12.9 Å². The van der Waals surface area contributed by atoms with Crippen molar-refractivity contribution in [3.05, 3.63) is 56.3 Å². The Kier molecular flexibility index (Phi) is 8.62. The maximum atomic E-state index is 12.0. The number of methoxy groups -OCH3 is 1. The van der Waals surface area contributed by atoms with Crippen LogP contribution in [0.1, 0.15) is 11.5 Å². The number of hydrogen-bond acceptors (Lipinski definition) is 9. The standard InChI is InChI=1S/C19H15BrCl2N4O5S/c1-29-15-5-10(4-12(20)18(15)28)7-23-24-16(27)9-32-19-26-25-17(31-19)8-30-14-3-2-11(21)6-13(14)22/h2-7,28H,8-9H2,1H3,(H,24,27)/b23-7-. The zero-order valence-electron chi connectivity index (χ0n) is 16.3. The third kappa shape index (κ3) is 6.76. The summed E-state index contributed by atoms with van der Waals surface area (Å²) in [5.41, 5.74) is 3.00. The van der Waals surface area contributed by atoms with Gasteiger partial charge in [-0.2, -0.15) is 5.10 Å². The number of aromatic nitrogens is 2. The van der Waals surface area contributed by atoms with E-state index >= 15 is 0 Å². The van der Waals surface area contributed by atoms with Crippen LogP contribution in [-0.4, -0.2) is 40.3 Å². The van der Waals surface area contributed by atoms with E-state index < -0.39 is 0 Å². The van der Waals surface area contributed by atoms with Crippen LogP contribution in [0.4, 0.5) is 0 Å². The Morgan fingerprint density at radius 3 is 2.88 bits per heavy atom. The van der Waals surface area contributed by atoms with E-state index in [0.717, 1.165) is 11.8 Å². The average molecular weight is 562 g/mol. The molecule has 0 fully saturated rings. The van der Waals surface area contributed by atoms with Gasteiger partial charge in [-0.05, 0) is 51.8 Å². The molecule has 0 radical (unpaired) electrons. The van der Waals surface area contributed by atoms with E-state index in [1.807, 2.05) is 0 Å². The van der Waals surface area contributed by atoms with Gasteiger partial charge in [0, 0.05) is 5.02 Å². The van der Waals surface area contributed by atoms with Crippen LogP contribution in [0.2, 0.25) is 10.0 Å². The minimum Gasteiger partial charge on any atom is -0.503 e. The fraction of sp³-hybridized carbons (Fsp3) is 0.158. The molecule has 9 nitrogen and oxygen atoms in total. The smallest absolute Gasteiger partial charge is 0.277 e. The number of hydrazone groups is 1. The predicted octanol–water partition coefficient (Wildman–Crippen LogP) is 4.67. The molecule has 0 spiro atoms. The van der Waals surface area contributed by atoms with Crippen molar-refractivity contribution in [2.24, 2.45) is 5.10 Å². The van der Waals surface area contributed by atoms with E-state index in [-0.39, 0.29) is 40.9 Å². The Balaban J connectivity index is 1.46. The molecule has 0 aliphatic carbocycles. The summed E-state index contributed by atoms with van der Waals surface area (Å²) >= 11 is 16.1. The Bertz CT molecular complexity index is 1140. The van der Waals surface area contributed by atoms with Gasteiger partial charge in [0.25, 0.3) is 17.0 Å². The van der Waals surface area contributed by atoms with E-state index in [9.17, 15) is 9.90 Å². The lowest BCUT2D eigenvalue weighted by Gasteiger charge is -2.06. The fourth-order valence-electron chi connectivity index (χ4n) is 2.25. The minimum atomic E-state index is -0.375. The van der Waals surface area contributed by atoms with Crippen LogP contribution in [0.5, 0.6) is 17.2 Å². The zero-order valence-corrected chi connectivity index (χ0v) is 20.3. The van der Waals surface area contributed by atoms with Crippen LogP contribution >= 0.6 is 50.9 Å². The number of carbonyl (C=O) groups is 1. The number of ether oxygens (including phenoxy) is 2. The fourth-order valence-corrected chi connectivity index (χ4v) is 3.74. The summed E-state index contributed by atoms with van der Waals surface area (Å²) in [6, 6.07) is 8.04. The molecule has 13 heteroatoms. The molecule has 2 N–H and O–H groups in total. The molecule has 1 heterocycles. The maximum absolute atomic E-state index is 12.0. The number of hydrogen-bond donors (Lipinski definition) is 2. The molecule has 0 saturated heterocycles. The molecule has 0 unspecified atom stereocenters. The lowest BCUT2D eigenvalue weighted by Crippen LogP contribution is -2.19. The number of carbonyl (C=O) groups excluding carboxylic acids is 1. The Hall–Kier alpha value is -2.47. The number of halogens is 3. The van der Waals surface area contributed by atoms with Crippen molar-refractivity contribution in [3.63, 3.8) is 0 Å². The maximum Gasteiger partial charge on any atom is 0.277 e. The molecule has 3 rings (SSSR count). The van der Waals surface area contributed by atoms with Crippen molar-refractivity contribution in [3.8, 4) is 17.2 Å². The van der Waals surface area contributed by atoms with E-state index in [4.69, 9.17) is 37.1 Å². The van der Waals surface area contributed by atoms with E-state index in [2.05, 4.69) is 36.7 Å². The van der Waals surface area contributed by atoms with Gasteiger partial charge in [-0.3, -0.25) is 4.79 Å². The van der Waals surface area contributed by atoms with Gasteiger partial charge in [0.15, 0.2) is 18.1 Å². The van der Waals surface area contributed by atoms with Crippen LogP contribution in [0.3, 0.4) is 0 Å². The van der Waals surface area contributed by atoms with Gasteiger partial charge in [-0.1, -0.05) is 35.0 Å². The van der Waals surface area contributed by atoms with Gasteiger partial charge in [0.05, 0.1) is 28.6 Å². The van der Waals surface area contributed by atoms with Crippen LogP contribution < -0.4 is 14.9 Å². The molecule has 0 aliphatic rings. The molecule has 3 aromatic rings. The van der Waals surface area contributed by atoms with Gasteiger partial charge in [-0.15, -0.1) is 10.2 Å². The first-order chi connectivity index (χ1) is 15.4. The number of phenolic OH excluding ortho intramolecular Hbond substituents is 1. The highest BCUT2D eigenvalue weighted by Gasteiger charge is 2.11. The third-order valence-electron chi connectivity index (χ3n) is 3.69. The third-order valence-corrected chi connectivity index (χ3v) is 5.65. The average Bonchev–Trinajstić information content (AvgIpc) is 3.22. The number of aromatic hydroxyl groups is 1. The Morgan fingerprint density at radius 1 is 1.31 bits per heavy atom. The highest BCUT2D eigenvalue weighted by molar-refractivity contribution is 9.10. The zero-order chi connectivity index (χ0) is 23.1. The van der Waals surface area contributed by atoms with Crippen LogP contribution in [0.15, 0.2) is 49.5 Å². The lowest BCUT2D eigenvalue weighted by molar-refractivity contribution is -0.118. The summed E-state index contributed by atoms with van der Waals surface area (Å²) in [6.07, 6.45) is 1.42. The van der Waals surface area contributed by atoms with Gasteiger partial charge in [0.2, 0.25) is 0 Å². The largest absolute Gasteiger partial charge is 0.503 e. The summed E-state index contributed by atoms with van der Waals surface area (Å²) in [7, 11) is 1.43. The highest BCUT2D eigenvalue weighted by atomic mass is 79.9. The molecule has 168 valence electrons. The molecule has 0 bridgehead atoms. The molecule has 0 aliphatic heterocycles. The van der Waals surface area contributed by atoms with E-state index in [1.165, 1.54) is 13.3 Å². The lowest BCUT2D eigenvalue weighted by atomic mass is 10.2. The van der Waals surface area contributed by atoms with Crippen LogP contribution in [0, 0.1) is 0 Å². The van der Waals surface area contributed by atoms with Crippen molar-refractivity contribution in [1.29, 1.82) is 0 Å². The first-order valence-electron chi connectivity index (χ1n) is 8.77. The highest BCUT2D eigenvalue weighted by Crippen LogP contribution is 2.34. The van der Waals surface area contributed by atoms with Gasteiger partial charge in [0.1, 0.15) is 5.75 Å². The van der Waals surface area contributed by atoms with Crippen molar-refractivity contribution >= 4 is 63.0 Å². The predicted molar refractivity (Wildman–Crippen MR) is 124 cm³/mol. The van der Waals surface area contributed by atoms with Crippen molar-refractivity contribution in [1.82, 2.24) is 15.6 Å². The summed E-state index contributed by atoms with van der Waals surface area (Å²) < 4.78 is 16.4. The van der Waals surface area contributed by atoms with Crippen molar-refractivity contribution in [2.45, 2.75) is 11.8 Å². The normalized spacial score (nSPS) is 11.0. The first kappa shape index (κ1) is 24.2. The number of rotatable bonds is 9. The summed E-state index contributed by atoms with van der Waals surface area (Å²) in [5.74, 6) is 0.538. The molecule has 1 amide bonds. The summed E-state index contributed by atoms with van der Waals surface area (Å²) in [4.78, 5) is 12.0. The molecule has 0 atom stereocenters. The number of nitrogens with zero attached hydrogens (tertiary/aromatic N) is 3. The van der Waals surface area contributed by atoms with Crippen LogP contribution in [0.25, 0.3) is 0 Å². The van der Waals surface area contributed by atoms with E-state index in [1.54, 1.807) is 30.3 Å². The van der Waals surface area contributed by atoms with Gasteiger partial charge < -0.3 is 19.0 Å². The van der Waals surface area contributed by atoms with Gasteiger partial charge in [-0.25, -0.2) is 5.43 Å². The number of phenols is 1. The number of benzene rings is 2. The number of nitrogens with one attached hydrogen (secondary N) is 1. The summed E-state index contributed by atoms with van der Waals surface area (Å²) in [6.45, 7) is 0.0110. The number of amides is 1. The van der Waals surface area contributed by atoms with Crippen LogP contribution in [-0.2, 0) is 11.4 Å². The SMILES string of the molecule is COc1cc(/C=N\NC(=O)CSc2nnc(COc3ccc(Cl)cc3Cl)o2)cc(Br)c1O. The topological polar surface area (TPSA) is 119 Å². The molecular formula is C19H15BrCl2N4O5S. The van der Waals surface area contributed by atoms with Crippen molar-refractivity contribution < 1.29 is 23.8 Å². The molecule has 0 saturated carbocycles. The second-order valence-corrected chi connectivity index (χ2v) is 8.59. The van der Waals surface area contributed by atoms with E-state index in [0.29, 0.717) is 25.8 Å². The molecule has 32 heavy (non-hydrogen) atoms. The second kappa shape index (κ2) is 11.4. The molecular weight excluding hydrogens is 547 g/mol. The molecule has 1 aromatic heterocycles. The quantitative estimate of drug-likeness (QED) is 0.220. The monoisotopic (exact) mass is 560 g/mol. The Labute approximate surface area is 205 Å². The second-order valence-electron chi connectivity index (χ2n) is 5.96. The summed E-state index contributed by atoms with van der Waals surface area (Å²) in [5, 5.41) is 22.5.